The summed E-state index contributed by atoms with van der Waals surface area (Å²) in [6.45, 7) is 1.87. The molecule has 2 rings (SSSR count). The van der Waals surface area contributed by atoms with E-state index < -0.39 is 0 Å². The predicted molar refractivity (Wildman–Crippen MR) is 91.9 cm³/mol. The molecule has 0 atom stereocenters. The summed E-state index contributed by atoms with van der Waals surface area (Å²) < 4.78 is 10.6. The van der Waals surface area contributed by atoms with Gasteiger partial charge in [0, 0.05) is 25.2 Å². The SMILES string of the molecule is COc1ccc(CN(CCO)Cc2ccccc2OC)cc1C#N. The van der Waals surface area contributed by atoms with Gasteiger partial charge < -0.3 is 14.6 Å². The Balaban J connectivity index is 2.18. The lowest BCUT2D eigenvalue weighted by Gasteiger charge is -2.23. The molecule has 2 aromatic carbocycles. The molecular weight excluding hydrogens is 304 g/mol. The van der Waals surface area contributed by atoms with Crippen molar-refractivity contribution in [2.24, 2.45) is 0 Å². The summed E-state index contributed by atoms with van der Waals surface area (Å²) >= 11 is 0. The Morgan fingerprint density at radius 3 is 2.46 bits per heavy atom. The largest absolute Gasteiger partial charge is 0.496 e. The van der Waals surface area contributed by atoms with Crippen molar-refractivity contribution < 1.29 is 14.6 Å². The predicted octanol–water partition coefficient (Wildman–Crippen LogP) is 2.57. The van der Waals surface area contributed by atoms with Crippen LogP contribution in [0.25, 0.3) is 0 Å². The summed E-state index contributed by atoms with van der Waals surface area (Å²) in [7, 11) is 3.20. The number of para-hydroxylation sites is 1. The van der Waals surface area contributed by atoms with Gasteiger partial charge in [0.25, 0.3) is 0 Å². The average molecular weight is 326 g/mol. The second-order valence-electron chi connectivity index (χ2n) is 5.39. The van der Waals surface area contributed by atoms with Crippen molar-refractivity contribution in [3.05, 3.63) is 59.2 Å². The summed E-state index contributed by atoms with van der Waals surface area (Å²) in [6, 6.07) is 15.5. The lowest BCUT2D eigenvalue weighted by molar-refractivity contribution is 0.183. The van der Waals surface area contributed by atoms with Crippen molar-refractivity contribution >= 4 is 0 Å². The van der Waals surface area contributed by atoms with Gasteiger partial charge in [0.2, 0.25) is 0 Å². The number of nitriles is 1. The molecule has 5 nitrogen and oxygen atoms in total. The number of aliphatic hydroxyl groups is 1. The fourth-order valence-corrected chi connectivity index (χ4v) is 2.63. The summed E-state index contributed by atoms with van der Waals surface area (Å²) in [6.07, 6.45) is 0. The molecule has 0 saturated heterocycles. The van der Waals surface area contributed by atoms with Crippen LogP contribution in [-0.2, 0) is 13.1 Å². The molecule has 24 heavy (non-hydrogen) atoms. The maximum absolute atomic E-state index is 9.36. The maximum Gasteiger partial charge on any atom is 0.136 e. The van der Waals surface area contributed by atoms with Crippen LogP contribution in [0.3, 0.4) is 0 Å². The summed E-state index contributed by atoms with van der Waals surface area (Å²) in [5.74, 6) is 1.40. The maximum atomic E-state index is 9.36. The van der Waals surface area contributed by atoms with E-state index >= 15 is 0 Å². The van der Waals surface area contributed by atoms with Gasteiger partial charge in [-0.05, 0) is 23.8 Å². The zero-order chi connectivity index (χ0) is 17.4. The van der Waals surface area contributed by atoms with Crippen LogP contribution in [-0.4, -0.2) is 37.4 Å². The number of nitrogens with zero attached hydrogens (tertiary/aromatic N) is 2. The van der Waals surface area contributed by atoms with Crippen LogP contribution in [0, 0.1) is 11.3 Å². The third-order valence-corrected chi connectivity index (χ3v) is 3.79. The zero-order valence-electron chi connectivity index (χ0n) is 14.0. The van der Waals surface area contributed by atoms with Crippen molar-refractivity contribution in [3.63, 3.8) is 0 Å². The molecule has 0 aliphatic heterocycles. The van der Waals surface area contributed by atoms with E-state index in [1.807, 2.05) is 36.4 Å². The Bertz CT molecular complexity index is 710. The van der Waals surface area contributed by atoms with Crippen LogP contribution in [0.2, 0.25) is 0 Å². The minimum absolute atomic E-state index is 0.0659. The van der Waals surface area contributed by atoms with Crippen LogP contribution in [0.1, 0.15) is 16.7 Å². The van der Waals surface area contributed by atoms with Crippen molar-refractivity contribution in [2.45, 2.75) is 13.1 Å². The second-order valence-corrected chi connectivity index (χ2v) is 5.39. The number of methoxy groups -OCH3 is 2. The Labute approximate surface area is 142 Å². The molecule has 0 heterocycles. The monoisotopic (exact) mass is 326 g/mol. The third-order valence-electron chi connectivity index (χ3n) is 3.79. The van der Waals surface area contributed by atoms with Gasteiger partial charge in [0.15, 0.2) is 0 Å². The van der Waals surface area contributed by atoms with Crippen LogP contribution in [0.4, 0.5) is 0 Å². The van der Waals surface area contributed by atoms with Gasteiger partial charge in [-0.15, -0.1) is 0 Å². The first-order valence-corrected chi connectivity index (χ1v) is 7.74. The first-order chi connectivity index (χ1) is 11.7. The number of benzene rings is 2. The molecule has 126 valence electrons. The molecule has 0 aliphatic carbocycles. The topological polar surface area (TPSA) is 65.7 Å². The summed E-state index contributed by atoms with van der Waals surface area (Å²) in [4.78, 5) is 2.11. The standard InChI is InChI=1S/C19H22N2O3/c1-23-18-6-4-3-5-16(18)14-21(9-10-22)13-15-7-8-19(24-2)17(11-15)12-20/h3-8,11,22H,9-10,13-14H2,1-2H3. The number of hydrogen-bond acceptors (Lipinski definition) is 5. The van der Waals surface area contributed by atoms with Crippen LogP contribution in [0.15, 0.2) is 42.5 Å². The quantitative estimate of drug-likeness (QED) is 0.807. The highest BCUT2D eigenvalue weighted by atomic mass is 16.5. The molecule has 0 amide bonds. The van der Waals surface area contributed by atoms with E-state index in [1.165, 1.54) is 0 Å². The first kappa shape index (κ1) is 17.8. The van der Waals surface area contributed by atoms with Crippen molar-refractivity contribution in [3.8, 4) is 17.6 Å². The minimum Gasteiger partial charge on any atom is -0.496 e. The average Bonchev–Trinajstić information content (AvgIpc) is 2.62. The first-order valence-electron chi connectivity index (χ1n) is 7.74. The summed E-state index contributed by atoms with van der Waals surface area (Å²) in [5, 5.41) is 18.6. The van der Waals surface area contributed by atoms with Crippen molar-refractivity contribution in [1.29, 1.82) is 5.26 Å². The van der Waals surface area contributed by atoms with E-state index in [0.717, 1.165) is 16.9 Å². The Morgan fingerprint density at radius 1 is 1.04 bits per heavy atom. The van der Waals surface area contributed by atoms with Crippen LogP contribution >= 0.6 is 0 Å². The molecule has 0 saturated carbocycles. The highest BCUT2D eigenvalue weighted by molar-refractivity contribution is 5.45. The van der Waals surface area contributed by atoms with E-state index in [1.54, 1.807) is 20.3 Å². The van der Waals surface area contributed by atoms with Gasteiger partial charge in [-0.25, -0.2) is 0 Å². The van der Waals surface area contributed by atoms with Crippen LogP contribution < -0.4 is 9.47 Å². The highest BCUT2D eigenvalue weighted by Gasteiger charge is 2.11. The van der Waals surface area contributed by atoms with Gasteiger partial charge in [0.05, 0.1) is 26.4 Å². The van der Waals surface area contributed by atoms with E-state index in [9.17, 15) is 10.4 Å². The van der Waals surface area contributed by atoms with E-state index in [4.69, 9.17) is 9.47 Å². The van der Waals surface area contributed by atoms with Crippen molar-refractivity contribution in [2.75, 3.05) is 27.4 Å². The third kappa shape index (κ3) is 4.48. The second kappa shape index (κ2) is 8.92. The highest BCUT2D eigenvalue weighted by Crippen LogP contribution is 2.22. The molecule has 2 aromatic rings. The normalized spacial score (nSPS) is 10.5. The lowest BCUT2D eigenvalue weighted by atomic mass is 10.1. The molecule has 1 N–H and O–H groups in total. The van der Waals surface area contributed by atoms with Gasteiger partial charge in [-0.2, -0.15) is 5.26 Å². The molecule has 0 bridgehead atoms. The molecule has 5 heteroatoms. The molecule has 0 aromatic heterocycles. The smallest absolute Gasteiger partial charge is 0.136 e. The Hall–Kier alpha value is -2.55. The number of aliphatic hydroxyl groups excluding tert-OH is 1. The van der Waals surface area contributed by atoms with E-state index in [0.29, 0.717) is 30.9 Å². The molecule has 0 unspecified atom stereocenters. The van der Waals surface area contributed by atoms with Gasteiger partial charge >= 0.3 is 0 Å². The van der Waals surface area contributed by atoms with Gasteiger partial charge in [0.1, 0.15) is 17.6 Å². The molecule has 0 fully saturated rings. The van der Waals surface area contributed by atoms with Gasteiger partial charge in [-0.3, -0.25) is 4.90 Å². The van der Waals surface area contributed by atoms with Gasteiger partial charge in [-0.1, -0.05) is 24.3 Å². The Kier molecular flexibility index (Phi) is 6.62. The van der Waals surface area contributed by atoms with E-state index in [-0.39, 0.29) is 6.61 Å². The Morgan fingerprint density at radius 2 is 1.79 bits per heavy atom. The molecule has 0 spiro atoms. The number of ether oxygens (including phenoxy) is 2. The fourth-order valence-electron chi connectivity index (χ4n) is 2.63. The van der Waals surface area contributed by atoms with Crippen molar-refractivity contribution in [1.82, 2.24) is 4.90 Å². The molecule has 0 radical (unpaired) electrons. The van der Waals surface area contributed by atoms with Crippen LogP contribution in [0.5, 0.6) is 11.5 Å². The number of rotatable bonds is 8. The zero-order valence-corrected chi connectivity index (χ0v) is 14.0. The van der Waals surface area contributed by atoms with E-state index in [2.05, 4.69) is 11.0 Å². The molecular formula is C19H22N2O3. The number of hydrogen-bond donors (Lipinski definition) is 1. The lowest BCUT2D eigenvalue weighted by Crippen LogP contribution is -2.26. The summed E-state index contributed by atoms with van der Waals surface area (Å²) in [5.41, 5.74) is 2.56. The minimum atomic E-state index is 0.0659. The fraction of sp³-hybridized carbons (Fsp3) is 0.316. The molecule has 0 aliphatic rings.